The van der Waals surface area contributed by atoms with Gasteiger partial charge in [0.2, 0.25) is 0 Å². The molecule has 1 aliphatic carbocycles. The maximum absolute atomic E-state index is 14.1. The molecule has 11 nitrogen and oxygen atoms in total. The first-order chi connectivity index (χ1) is 23.7. The Kier molecular flexibility index (Phi) is 11.1. The lowest BCUT2D eigenvalue weighted by molar-refractivity contribution is -0.162. The summed E-state index contributed by atoms with van der Waals surface area (Å²) in [4.78, 5) is 61.3. The Labute approximate surface area is 289 Å². The number of rotatable bonds is 13. The number of phenolic OH excluding ortho intramolecular Hbond substituents is 2. The van der Waals surface area contributed by atoms with E-state index in [1.807, 2.05) is 29.2 Å². The minimum atomic E-state index is -0.554. The Morgan fingerprint density at radius 2 is 1.41 bits per heavy atom. The molecule has 0 radical (unpaired) electrons. The van der Waals surface area contributed by atoms with Crippen molar-refractivity contribution in [3.8, 4) is 11.5 Å². The highest BCUT2D eigenvalue weighted by atomic mass is 16.3. The third kappa shape index (κ3) is 8.20. The van der Waals surface area contributed by atoms with Gasteiger partial charge in [-0.1, -0.05) is 50.5 Å². The van der Waals surface area contributed by atoms with Crippen molar-refractivity contribution in [1.29, 1.82) is 0 Å². The summed E-state index contributed by atoms with van der Waals surface area (Å²) in [5.41, 5.74) is 1.95. The second kappa shape index (κ2) is 15.6. The average molecular weight is 674 g/mol. The number of phenols is 2. The first kappa shape index (κ1) is 34.7. The average Bonchev–Trinajstić information content (AvgIpc) is 3.78. The van der Waals surface area contributed by atoms with Crippen LogP contribution in [0.25, 0.3) is 0 Å². The summed E-state index contributed by atoms with van der Waals surface area (Å²) in [6.45, 7) is 5.27. The van der Waals surface area contributed by atoms with E-state index in [9.17, 15) is 29.4 Å². The van der Waals surface area contributed by atoms with Crippen LogP contribution in [0.15, 0.2) is 48.5 Å². The van der Waals surface area contributed by atoms with E-state index in [4.69, 9.17) is 0 Å². The molecule has 0 aromatic heterocycles. The van der Waals surface area contributed by atoms with Crippen molar-refractivity contribution in [2.75, 3.05) is 39.3 Å². The number of benzene rings is 2. The van der Waals surface area contributed by atoms with Crippen LogP contribution >= 0.6 is 0 Å². The molecular formula is C38H51N5O6. The van der Waals surface area contributed by atoms with E-state index in [0.717, 1.165) is 69.0 Å². The molecule has 4 amide bonds. The third-order valence-electron chi connectivity index (χ3n) is 11.1. The van der Waals surface area contributed by atoms with Gasteiger partial charge in [-0.05, 0) is 92.8 Å². The first-order valence-corrected chi connectivity index (χ1v) is 18.2. The van der Waals surface area contributed by atoms with Gasteiger partial charge in [-0.25, -0.2) is 0 Å². The Balaban J connectivity index is 1.26. The second-order valence-electron chi connectivity index (χ2n) is 14.5. The summed E-state index contributed by atoms with van der Waals surface area (Å²) in [6.07, 6.45) is 9.02. The summed E-state index contributed by atoms with van der Waals surface area (Å²) in [5.74, 6) is -1.23. The van der Waals surface area contributed by atoms with Gasteiger partial charge < -0.3 is 30.2 Å². The molecule has 11 heteroatoms. The molecule has 264 valence electrons. The van der Waals surface area contributed by atoms with Gasteiger partial charge in [0.1, 0.15) is 11.5 Å². The highest BCUT2D eigenvalue weighted by molar-refractivity contribution is 6.36. The lowest BCUT2D eigenvalue weighted by atomic mass is 9.96. The van der Waals surface area contributed by atoms with Crippen molar-refractivity contribution in [2.24, 2.45) is 5.92 Å². The standard InChI is InChI=1S/C38H51N5O6/c1-2-6-29-21-39-35(46)36(47)42(29)24-30-9-5-18-40(30)23-31(19-26-10-14-33(44)15-11-26)43-25-32(20-27-12-16-34(45)17-13-27)41(37(48)38(43)49)22-28-7-3-4-8-28/h10-17,28-32,44-45H,2-9,18-25H2,1H3,(H,39,46)/t29-,30+,31-,32+/m1/s1. The highest BCUT2D eigenvalue weighted by Crippen LogP contribution is 2.30. The number of hydrogen-bond acceptors (Lipinski definition) is 7. The monoisotopic (exact) mass is 673 g/mol. The first-order valence-electron chi connectivity index (χ1n) is 18.2. The molecule has 4 fully saturated rings. The van der Waals surface area contributed by atoms with Gasteiger partial charge in [-0.15, -0.1) is 0 Å². The Morgan fingerprint density at radius 3 is 2.08 bits per heavy atom. The summed E-state index contributed by atoms with van der Waals surface area (Å²) in [6, 6.07) is 13.5. The van der Waals surface area contributed by atoms with Crippen LogP contribution in [-0.2, 0) is 32.0 Å². The number of hydrogen-bond donors (Lipinski definition) is 3. The minimum absolute atomic E-state index is 0.0266. The summed E-state index contributed by atoms with van der Waals surface area (Å²) in [5, 5.41) is 22.6. The predicted octanol–water partition coefficient (Wildman–Crippen LogP) is 3.07. The van der Waals surface area contributed by atoms with Crippen LogP contribution in [0.5, 0.6) is 11.5 Å². The smallest absolute Gasteiger partial charge is 0.312 e. The van der Waals surface area contributed by atoms with Gasteiger partial charge in [0.15, 0.2) is 0 Å². The number of carbonyl (C=O) groups is 4. The fourth-order valence-electron chi connectivity index (χ4n) is 8.45. The minimum Gasteiger partial charge on any atom is -0.508 e. The van der Waals surface area contributed by atoms with Crippen molar-refractivity contribution >= 4 is 23.6 Å². The van der Waals surface area contributed by atoms with E-state index < -0.39 is 23.6 Å². The van der Waals surface area contributed by atoms with Gasteiger partial charge in [0.25, 0.3) is 0 Å². The van der Waals surface area contributed by atoms with Crippen molar-refractivity contribution in [3.63, 3.8) is 0 Å². The van der Waals surface area contributed by atoms with E-state index >= 15 is 0 Å². The summed E-state index contributed by atoms with van der Waals surface area (Å²) in [7, 11) is 0. The molecule has 0 unspecified atom stereocenters. The van der Waals surface area contributed by atoms with Crippen LogP contribution in [0.3, 0.4) is 0 Å². The van der Waals surface area contributed by atoms with E-state index in [-0.39, 0.29) is 35.7 Å². The topological polar surface area (TPSA) is 134 Å². The zero-order valence-electron chi connectivity index (χ0n) is 28.6. The SMILES string of the molecule is CCC[C@@H]1CNC(=O)C(=O)N1C[C@@H]1CCCN1C[C@@H](Cc1ccc(O)cc1)N1C[C@H](Cc2ccc(O)cc2)N(CC2CCCC2)C(=O)C1=O. The third-order valence-corrected chi connectivity index (χ3v) is 11.1. The zero-order valence-corrected chi connectivity index (χ0v) is 28.6. The number of aromatic hydroxyl groups is 2. The molecule has 3 N–H and O–H groups in total. The molecule has 3 aliphatic heterocycles. The fraction of sp³-hybridized carbons (Fsp3) is 0.579. The molecule has 3 saturated heterocycles. The van der Waals surface area contributed by atoms with Crippen LogP contribution in [0.1, 0.15) is 69.4 Å². The molecule has 4 atom stereocenters. The largest absolute Gasteiger partial charge is 0.508 e. The number of likely N-dealkylation sites (tertiary alicyclic amines) is 1. The molecule has 2 aromatic rings. The normalized spacial score (nSPS) is 24.6. The summed E-state index contributed by atoms with van der Waals surface area (Å²) >= 11 is 0. The highest BCUT2D eigenvalue weighted by Gasteiger charge is 2.44. The number of nitrogens with zero attached hydrogens (tertiary/aromatic N) is 4. The van der Waals surface area contributed by atoms with Crippen molar-refractivity contribution < 1.29 is 29.4 Å². The predicted molar refractivity (Wildman–Crippen MR) is 185 cm³/mol. The molecular weight excluding hydrogens is 622 g/mol. The quantitative estimate of drug-likeness (QED) is 0.279. The molecule has 4 aliphatic rings. The molecule has 1 saturated carbocycles. The van der Waals surface area contributed by atoms with E-state index in [1.165, 1.54) is 0 Å². The lowest BCUT2D eigenvalue weighted by Gasteiger charge is -2.46. The Bertz CT molecular complexity index is 1480. The molecule has 49 heavy (non-hydrogen) atoms. The molecule has 6 rings (SSSR count). The van der Waals surface area contributed by atoms with Crippen molar-refractivity contribution in [2.45, 2.75) is 95.3 Å². The molecule has 2 aromatic carbocycles. The van der Waals surface area contributed by atoms with E-state index in [0.29, 0.717) is 51.5 Å². The molecule has 3 heterocycles. The van der Waals surface area contributed by atoms with Crippen LogP contribution < -0.4 is 5.32 Å². The fourth-order valence-corrected chi connectivity index (χ4v) is 8.45. The van der Waals surface area contributed by atoms with Crippen molar-refractivity contribution in [1.82, 2.24) is 24.9 Å². The zero-order chi connectivity index (χ0) is 34.5. The van der Waals surface area contributed by atoms with Crippen LogP contribution in [0.4, 0.5) is 0 Å². The van der Waals surface area contributed by atoms with Gasteiger partial charge in [-0.3, -0.25) is 24.1 Å². The molecule has 0 spiro atoms. The van der Waals surface area contributed by atoms with Gasteiger partial charge in [-0.2, -0.15) is 0 Å². The second-order valence-corrected chi connectivity index (χ2v) is 14.5. The lowest BCUT2D eigenvalue weighted by Crippen LogP contribution is -2.65. The maximum Gasteiger partial charge on any atom is 0.312 e. The number of nitrogens with one attached hydrogen (secondary N) is 1. The van der Waals surface area contributed by atoms with Crippen LogP contribution in [0.2, 0.25) is 0 Å². The van der Waals surface area contributed by atoms with Gasteiger partial charge in [0, 0.05) is 50.8 Å². The Hall–Kier alpha value is -4.12. The maximum atomic E-state index is 14.1. The summed E-state index contributed by atoms with van der Waals surface area (Å²) < 4.78 is 0. The number of carbonyl (C=O) groups excluding carboxylic acids is 4. The van der Waals surface area contributed by atoms with Gasteiger partial charge >= 0.3 is 23.6 Å². The van der Waals surface area contributed by atoms with Crippen LogP contribution in [-0.4, -0.2) is 117 Å². The number of amides is 4. The van der Waals surface area contributed by atoms with Crippen molar-refractivity contribution in [3.05, 3.63) is 59.7 Å². The van der Waals surface area contributed by atoms with E-state index in [1.54, 1.807) is 34.1 Å². The van der Waals surface area contributed by atoms with Gasteiger partial charge in [0.05, 0.1) is 6.04 Å². The Morgan fingerprint density at radius 1 is 0.755 bits per heavy atom. The van der Waals surface area contributed by atoms with Crippen LogP contribution in [0, 0.1) is 5.92 Å². The van der Waals surface area contributed by atoms with E-state index in [2.05, 4.69) is 17.1 Å². The molecule has 0 bridgehead atoms. The number of piperazine rings is 2.